The van der Waals surface area contributed by atoms with Gasteiger partial charge in [-0.25, -0.2) is 0 Å². The van der Waals surface area contributed by atoms with E-state index in [0.717, 1.165) is 19.3 Å². The SMILES string of the molecule is O=C(NCCCCCO)c1ccoc1. The van der Waals surface area contributed by atoms with Gasteiger partial charge in [-0.1, -0.05) is 0 Å². The van der Waals surface area contributed by atoms with Crippen molar-refractivity contribution in [3.8, 4) is 0 Å². The summed E-state index contributed by atoms with van der Waals surface area (Å²) < 4.78 is 4.79. The molecule has 1 rings (SSSR count). The number of carbonyl (C=O) groups excluding carboxylic acids is 1. The van der Waals surface area contributed by atoms with Crippen LogP contribution in [-0.4, -0.2) is 24.2 Å². The number of aliphatic hydroxyl groups is 1. The van der Waals surface area contributed by atoms with Crippen LogP contribution in [0, 0.1) is 0 Å². The largest absolute Gasteiger partial charge is 0.472 e. The number of carbonyl (C=O) groups is 1. The van der Waals surface area contributed by atoms with Gasteiger partial charge in [0.25, 0.3) is 5.91 Å². The lowest BCUT2D eigenvalue weighted by atomic mass is 10.2. The van der Waals surface area contributed by atoms with Crippen LogP contribution in [0.2, 0.25) is 0 Å². The van der Waals surface area contributed by atoms with Crippen LogP contribution in [0.1, 0.15) is 29.6 Å². The van der Waals surface area contributed by atoms with Gasteiger partial charge in [-0.15, -0.1) is 0 Å². The average molecular weight is 197 g/mol. The van der Waals surface area contributed by atoms with E-state index in [9.17, 15) is 4.79 Å². The van der Waals surface area contributed by atoms with Crippen molar-refractivity contribution in [2.75, 3.05) is 13.2 Å². The summed E-state index contributed by atoms with van der Waals surface area (Å²) in [6.07, 6.45) is 5.51. The van der Waals surface area contributed by atoms with E-state index >= 15 is 0 Å². The third-order valence-corrected chi connectivity index (χ3v) is 1.90. The first-order valence-electron chi connectivity index (χ1n) is 4.76. The second kappa shape index (κ2) is 6.21. The van der Waals surface area contributed by atoms with Crippen molar-refractivity contribution < 1.29 is 14.3 Å². The highest BCUT2D eigenvalue weighted by molar-refractivity contribution is 5.93. The minimum Gasteiger partial charge on any atom is -0.472 e. The Balaban J connectivity index is 2.10. The van der Waals surface area contributed by atoms with Crippen LogP contribution in [0.15, 0.2) is 23.0 Å². The first-order valence-corrected chi connectivity index (χ1v) is 4.76. The van der Waals surface area contributed by atoms with Crippen LogP contribution >= 0.6 is 0 Å². The van der Waals surface area contributed by atoms with Crippen molar-refractivity contribution in [1.82, 2.24) is 5.32 Å². The summed E-state index contributed by atoms with van der Waals surface area (Å²) in [4.78, 5) is 11.3. The molecule has 0 aromatic carbocycles. The molecule has 0 aliphatic carbocycles. The van der Waals surface area contributed by atoms with Crippen LogP contribution in [0.5, 0.6) is 0 Å². The lowest BCUT2D eigenvalue weighted by Crippen LogP contribution is -2.23. The highest BCUT2D eigenvalue weighted by atomic mass is 16.3. The number of hydrogen-bond donors (Lipinski definition) is 2. The fraction of sp³-hybridized carbons (Fsp3) is 0.500. The maximum Gasteiger partial charge on any atom is 0.254 e. The maximum atomic E-state index is 11.3. The van der Waals surface area contributed by atoms with E-state index in [-0.39, 0.29) is 12.5 Å². The van der Waals surface area contributed by atoms with Crippen LogP contribution in [0.4, 0.5) is 0 Å². The topological polar surface area (TPSA) is 62.5 Å². The van der Waals surface area contributed by atoms with Crippen molar-refractivity contribution in [1.29, 1.82) is 0 Å². The molecule has 0 aliphatic rings. The van der Waals surface area contributed by atoms with E-state index in [0.29, 0.717) is 12.1 Å². The number of aliphatic hydroxyl groups excluding tert-OH is 1. The second-order valence-electron chi connectivity index (χ2n) is 3.05. The lowest BCUT2D eigenvalue weighted by Gasteiger charge is -2.02. The molecule has 4 heteroatoms. The van der Waals surface area contributed by atoms with Gasteiger partial charge >= 0.3 is 0 Å². The Morgan fingerprint density at radius 2 is 2.29 bits per heavy atom. The minimum atomic E-state index is -0.109. The molecule has 2 N–H and O–H groups in total. The summed E-state index contributed by atoms with van der Waals surface area (Å²) in [6.45, 7) is 0.861. The van der Waals surface area contributed by atoms with E-state index < -0.39 is 0 Å². The molecule has 0 atom stereocenters. The van der Waals surface area contributed by atoms with Crippen LogP contribution in [0.3, 0.4) is 0 Å². The van der Waals surface area contributed by atoms with Gasteiger partial charge in [0, 0.05) is 13.2 Å². The van der Waals surface area contributed by atoms with Crippen molar-refractivity contribution in [2.24, 2.45) is 0 Å². The van der Waals surface area contributed by atoms with Crippen molar-refractivity contribution in [3.05, 3.63) is 24.2 Å². The number of unbranched alkanes of at least 4 members (excludes halogenated alkanes) is 2. The highest BCUT2D eigenvalue weighted by Gasteiger charge is 2.04. The molecular formula is C10H15NO3. The van der Waals surface area contributed by atoms with Crippen LogP contribution < -0.4 is 5.32 Å². The Hall–Kier alpha value is -1.29. The predicted octanol–water partition coefficient (Wildman–Crippen LogP) is 1.17. The predicted molar refractivity (Wildman–Crippen MR) is 52.0 cm³/mol. The molecule has 1 heterocycles. The summed E-state index contributed by atoms with van der Waals surface area (Å²) >= 11 is 0. The Kier molecular flexibility index (Phi) is 4.78. The van der Waals surface area contributed by atoms with Gasteiger partial charge in [-0.05, 0) is 25.3 Å². The van der Waals surface area contributed by atoms with E-state index in [1.165, 1.54) is 12.5 Å². The molecular weight excluding hydrogens is 182 g/mol. The summed E-state index contributed by atoms with van der Waals surface area (Å²) in [5.41, 5.74) is 0.548. The summed E-state index contributed by atoms with van der Waals surface area (Å²) in [5, 5.41) is 11.3. The molecule has 0 spiro atoms. The van der Waals surface area contributed by atoms with Crippen molar-refractivity contribution in [3.63, 3.8) is 0 Å². The van der Waals surface area contributed by atoms with E-state index in [1.54, 1.807) is 6.07 Å². The molecule has 4 nitrogen and oxygen atoms in total. The standard InChI is InChI=1S/C10H15NO3/c12-6-3-1-2-5-11-10(13)9-4-7-14-8-9/h4,7-8,12H,1-3,5-6H2,(H,11,13). The van der Waals surface area contributed by atoms with Gasteiger partial charge in [-0.3, -0.25) is 4.79 Å². The molecule has 14 heavy (non-hydrogen) atoms. The quantitative estimate of drug-likeness (QED) is 0.673. The summed E-state index contributed by atoms with van der Waals surface area (Å²) in [6, 6.07) is 1.63. The molecule has 0 radical (unpaired) electrons. The Bertz CT molecular complexity index is 256. The van der Waals surface area contributed by atoms with Gasteiger partial charge in [0.05, 0.1) is 11.8 Å². The molecule has 0 bridgehead atoms. The molecule has 0 fully saturated rings. The van der Waals surface area contributed by atoms with Crippen molar-refractivity contribution in [2.45, 2.75) is 19.3 Å². The summed E-state index contributed by atoms with van der Waals surface area (Å²) in [7, 11) is 0. The first kappa shape index (κ1) is 10.8. The number of rotatable bonds is 6. The van der Waals surface area contributed by atoms with Gasteiger partial charge in [-0.2, -0.15) is 0 Å². The zero-order chi connectivity index (χ0) is 10.2. The normalized spacial score (nSPS) is 10.1. The number of nitrogens with one attached hydrogen (secondary N) is 1. The van der Waals surface area contributed by atoms with Crippen molar-refractivity contribution >= 4 is 5.91 Å². The molecule has 0 saturated carbocycles. The van der Waals surface area contributed by atoms with Gasteiger partial charge in [0.1, 0.15) is 6.26 Å². The zero-order valence-electron chi connectivity index (χ0n) is 8.03. The molecule has 0 saturated heterocycles. The number of hydrogen-bond acceptors (Lipinski definition) is 3. The van der Waals surface area contributed by atoms with E-state index in [2.05, 4.69) is 5.32 Å². The molecule has 1 aromatic heterocycles. The van der Waals surface area contributed by atoms with E-state index in [4.69, 9.17) is 9.52 Å². The zero-order valence-corrected chi connectivity index (χ0v) is 8.03. The third-order valence-electron chi connectivity index (χ3n) is 1.90. The van der Waals surface area contributed by atoms with Gasteiger partial charge in [0.15, 0.2) is 0 Å². The van der Waals surface area contributed by atoms with E-state index in [1.807, 2.05) is 0 Å². The second-order valence-corrected chi connectivity index (χ2v) is 3.05. The first-order chi connectivity index (χ1) is 6.84. The third kappa shape index (κ3) is 3.62. The Morgan fingerprint density at radius 3 is 2.93 bits per heavy atom. The Morgan fingerprint density at radius 1 is 1.43 bits per heavy atom. The number of amides is 1. The molecule has 0 unspecified atom stereocenters. The smallest absolute Gasteiger partial charge is 0.254 e. The minimum absolute atomic E-state index is 0.109. The van der Waals surface area contributed by atoms with Gasteiger partial charge in [0.2, 0.25) is 0 Å². The van der Waals surface area contributed by atoms with Gasteiger partial charge < -0.3 is 14.8 Å². The fourth-order valence-corrected chi connectivity index (χ4v) is 1.11. The summed E-state index contributed by atoms with van der Waals surface area (Å²) in [5.74, 6) is -0.109. The average Bonchev–Trinajstić information content (AvgIpc) is 2.70. The molecule has 1 aromatic rings. The van der Waals surface area contributed by atoms with Crippen LogP contribution in [0.25, 0.3) is 0 Å². The monoisotopic (exact) mass is 197 g/mol. The lowest BCUT2D eigenvalue weighted by molar-refractivity contribution is 0.0952. The number of furan rings is 1. The molecule has 1 amide bonds. The van der Waals surface area contributed by atoms with Crippen LogP contribution in [-0.2, 0) is 0 Å². The highest BCUT2D eigenvalue weighted by Crippen LogP contribution is 1.99. The fourth-order valence-electron chi connectivity index (χ4n) is 1.11. The Labute approximate surface area is 82.9 Å². The molecule has 78 valence electrons. The molecule has 0 aliphatic heterocycles. The maximum absolute atomic E-state index is 11.3.